The highest BCUT2D eigenvalue weighted by Crippen LogP contribution is 2.29. The van der Waals surface area contributed by atoms with Gasteiger partial charge in [0.1, 0.15) is 21.3 Å². The monoisotopic (exact) mass is 458 g/mol. The highest BCUT2D eigenvalue weighted by molar-refractivity contribution is 7.98. The minimum Gasteiger partial charge on any atom is -0.497 e. The first-order valence-electron chi connectivity index (χ1n) is 9.26. The zero-order chi connectivity index (χ0) is 22.0. The number of hydrogen-bond donors (Lipinski definition) is 1. The zero-order valence-corrected chi connectivity index (χ0v) is 18.5. The Bertz CT molecular complexity index is 1300. The molecule has 0 amide bonds. The van der Waals surface area contributed by atoms with Crippen molar-refractivity contribution in [1.82, 2.24) is 30.2 Å². The summed E-state index contributed by atoms with van der Waals surface area (Å²) in [6.45, 7) is 3.72. The first kappa shape index (κ1) is 21.0. The lowest BCUT2D eigenvalue weighted by molar-refractivity contribution is 0.0531. The normalized spacial score (nSPS) is 11.1. The predicted molar refractivity (Wildman–Crippen MR) is 116 cm³/mol. The van der Waals surface area contributed by atoms with Gasteiger partial charge in [0.25, 0.3) is 5.56 Å². The fourth-order valence-electron chi connectivity index (χ4n) is 2.94. The van der Waals surface area contributed by atoms with Crippen molar-refractivity contribution >= 4 is 39.3 Å². The van der Waals surface area contributed by atoms with Crippen LogP contribution in [0.2, 0.25) is 0 Å². The fraction of sp³-hybridized carbons (Fsp3) is 0.263. The molecule has 4 aromatic rings. The molecule has 10 nitrogen and oxygen atoms in total. The summed E-state index contributed by atoms with van der Waals surface area (Å²) in [5.41, 5.74) is 1.06. The zero-order valence-electron chi connectivity index (χ0n) is 16.9. The van der Waals surface area contributed by atoms with Gasteiger partial charge in [-0.2, -0.15) is 4.68 Å². The summed E-state index contributed by atoms with van der Waals surface area (Å²) in [5.74, 6) is 1.09. The largest absolute Gasteiger partial charge is 0.497 e. The van der Waals surface area contributed by atoms with Gasteiger partial charge in [-0.15, -0.1) is 16.4 Å². The van der Waals surface area contributed by atoms with Crippen LogP contribution in [-0.4, -0.2) is 49.9 Å². The maximum Gasteiger partial charge on any atom is 0.348 e. The van der Waals surface area contributed by atoms with Crippen molar-refractivity contribution in [2.24, 2.45) is 0 Å². The Labute approximate surface area is 184 Å². The van der Waals surface area contributed by atoms with E-state index in [1.807, 2.05) is 24.3 Å². The molecule has 4 rings (SSSR count). The second-order valence-corrected chi connectivity index (χ2v) is 8.27. The lowest BCUT2D eigenvalue weighted by atomic mass is 10.2. The highest BCUT2D eigenvalue weighted by Gasteiger charge is 2.20. The number of aromatic nitrogens is 6. The molecule has 0 bridgehead atoms. The molecule has 3 aromatic heterocycles. The van der Waals surface area contributed by atoms with Crippen LogP contribution in [0.15, 0.2) is 34.2 Å². The van der Waals surface area contributed by atoms with Crippen LogP contribution in [0.4, 0.5) is 0 Å². The summed E-state index contributed by atoms with van der Waals surface area (Å²) >= 11 is 2.49. The number of nitrogens with zero attached hydrogens (tertiary/aromatic N) is 5. The number of hydrogen-bond acceptors (Lipinski definition) is 10. The molecule has 0 unspecified atom stereocenters. The van der Waals surface area contributed by atoms with Gasteiger partial charge >= 0.3 is 5.97 Å². The number of benzene rings is 1. The van der Waals surface area contributed by atoms with Crippen molar-refractivity contribution in [2.45, 2.75) is 24.8 Å². The number of esters is 1. The van der Waals surface area contributed by atoms with Crippen molar-refractivity contribution in [3.8, 4) is 11.4 Å². The standard InChI is InChI=1S/C19H18N6O4S2/c1-4-29-18(27)15-10(2)14-16(26)20-13(21-17(14)31-15)9-30-19-22-23-24-25(19)11-5-7-12(28-3)8-6-11/h5-8H,4,9H2,1-3H3,(H,20,21,26). The van der Waals surface area contributed by atoms with E-state index in [0.29, 0.717) is 37.4 Å². The number of carbonyl (C=O) groups excluding carboxylic acids is 1. The van der Waals surface area contributed by atoms with Gasteiger partial charge in [-0.1, -0.05) is 11.8 Å². The average Bonchev–Trinajstić information content (AvgIpc) is 3.37. The molecule has 0 saturated heterocycles. The second kappa shape index (κ2) is 8.86. The van der Waals surface area contributed by atoms with Crippen molar-refractivity contribution in [3.05, 3.63) is 50.9 Å². The van der Waals surface area contributed by atoms with Crippen LogP contribution in [0.5, 0.6) is 5.75 Å². The third-order valence-corrected chi connectivity index (χ3v) is 6.50. The summed E-state index contributed by atoms with van der Waals surface area (Å²) in [7, 11) is 1.60. The van der Waals surface area contributed by atoms with Gasteiger partial charge in [0, 0.05) is 0 Å². The van der Waals surface area contributed by atoms with E-state index in [0.717, 1.165) is 22.8 Å². The summed E-state index contributed by atoms with van der Waals surface area (Å²) in [5, 5.41) is 12.8. The number of fused-ring (bicyclic) bond motifs is 1. The van der Waals surface area contributed by atoms with Gasteiger partial charge in [-0.05, 0) is 54.1 Å². The molecule has 0 atom stereocenters. The van der Waals surface area contributed by atoms with Crippen LogP contribution in [0.1, 0.15) is 28.0 Å². The van der Waals surface area contributed by atoms with Gasteiger partial charge in [-0.25, -0.2) is 9.78 Å². The van der Waals surface area contributed by atoms with Crippen LogP contribution in [-0.2, 0) is 10.5 Å². The number of aromatic amines is 1. The molecule has 0 aliphatic rings. The Morgan fingerprint density at radius 2 is 2.06 bits per heavy atom. The number of thiophene rings is 1. The maximum atomic E-state index is 12.6. The van der Waals surface area contributed by atoms with E-state index in [9.17, 15) is 9.59 Å². The number of rotatable bonds is 7. The smallest absolute Gasteiger partial charge is 0.348 e. The lowest BCUT2D eigenvalue weighted by Gasteiger charge is -2.05. The molecule has 0 aliphatic carbocycles. The second-order valence-electron chi connectivity index (χ2n) is 6.33. The van der Waals surface area contributed by atoms with E-state index in [2.05, 4.69) is 25.5 Å². The number of H-pyrrole nitrogens is 1. The SMILES string of the molecule is CCOC(=O)c1sc2nc(CSc3nnnn3-c3ccc(OC)cc3)[nH]c(=O)c2c1C. The first-order valence-corrected chi connectivity index (χ1v) is 11.1. The average molecular weight is 459 g/mol. The molecule has 3 heterocycles. The first-order chi connectivity index (χ1) is 15.0. The fourth-order valence-corrected chi connectivity index (χ4v) is 4.79. The molecular formula is C19H18N6O4S2. The van der Waals surface area contributed by atoms with Gasteiger partial charge in [0.05, 0.1) is 30.5 Å². The van der Waals surface area contributed by atoms with E-state index in [-0.39, 0.29) is 12.2 Å². The number of aryl methyl sites for hydroxylation is 1. The van der Waals surface area contributed by atoms with Crippen molar-refractivity contribution in [3.63, 3.8) is 0 Å². The minimum absolute atomic E-state index is 0.265. The van der Waals surface area contributed by atoms with Gasteiger partial charge in [0.2, 0.25) is 5.16 Å². The van der Waals surface area contributed by atoms with E-state index in [4.69, 9.17) is 9.47 Å². The molecule has 0 fully saturated rings. The Morgan fingerprint density at radius 3 is 2.77 bits per heavy atom. The van der Waals surface area contributed by atoms with Crippen LogP contribution in [0.3, 0.4) is 0 Å². The lowest BCUT2D eigenvalue weighted by Crippen LogP contribution is -2.11. The van der Waals surface area contributed by atoms with Crippen LogP contribution in [0.25, 0.3) is 15.9 Å². The van der Waals surface area contributed by atoms with E-state index in [1.165, 1.54) is 11.8 Å². The number of ether oxygens (including phenoxy) is 2. The van der Waals surface area contributed by atoms with Crippen molar-refractivity contribution < 1.29 is 14.3 Å². The van der Waals surface area contributed by atoms with Gasteiger partial charge in [0.15, 0.2) is 0 Å². The Morgan fingerprint density at radius 1 is 1.29 bits per heavy atom. The molecular weight excluding hydrogens is 440 g/mol. The third-order valence-electron chi connectivity index (χ3n) is 4.41. The number of nitrogens with one attached hydrogen (secondary N) is 1. The quantitative estimate of drug-likeness (QED) is 0.329. The summed E-state index contributed by atoms with van der Waals surface area (Å²) < 4.78 is 11.8. The number of carbonyl (C=O) groups is 1. The Kier molecular flexibility index (Phi) is 6.00. The summed E-state index contributed by atoms with van der Waals surface area (Å²) in [6.07, 6.45) is 0. The maximum absolute atomic E-state index is 12.6. The molecule has 12 heteroatoms. The Hall–Kier alpha value is -3.25. The molecule has 1 aromatic carbocycles. The van der Waals surface area contributed by atoms with Crippen LogP contribution in [0, 0.1) is 6.92 Å². The molecule has 160 valence electrons. The van der Waals surface area contributed by atoms with E-state index >= 15 is 0 Å². The molecule has 0 aliphatic heterocycles. The van der Waals surface area contributed by atoms with Crippen molar-refractivity contribution in [1.29, 1.82) is 0 Å². The molecule has 0 radical (unpaired) electrons. The summed E-state index contributed by atoms with van der Waals surface area (Å²) in [4.78, 5) is 32.9. The molecule has 31 heavy (non-hydrogen) atoms. The summed E-state index contributed by atoms with van der Waals surface area (Å²) in [6, 6.07) is 7.32. The van der Waals surface area contributed by atoms with Crippen molar-refractivity contribution in [2.75, 3.05) is 13.7 Å². The van der Waals surface area contributed by atoms with Gasteiger partial charge in [-0.3, -0.25) is 4.79 Å². The van der Waals surface area contributed by atoms with E-state index in [1.54, 1.807) is 25.6 Å². The van der Waals surface area contributed by atoms with Crippen LogP contribution >= 0.6 is 23.1 Å². The van der Waals surface area contributed by atoms with Gasteiger partial charge < -0.3 is 14.5 Å². The highest BCUT2D eigenvalue weighted by atomic mass is 32.2. The minimum atomic E-state index is -0.447. The number of thioether (sulfide) groups is 1. The molecule has 0 saturated carbocycles. The van der Waals surface area contributed by atoms with E-state index < -0.39 is 5.97 Å². The predicted octanol–water partition coefficient (Wildman–Crippen LogP) is 2.75. The van der Waals surface area contributed by atoms with Crippen LogP contribution < -0.4 is 10.3 Å². The molecule has 1 N–H and O–H groups in total. The Balaban J connectivity index is 1.58. The topological polar surface area (TPSA) is 125 Å². The third kappa shape index (κ3) is 4.16. The number of tetrazole rings is 1. The molecule has 0 spiro atoms. The number of methoxy groups -OCH3 is 1.